The van der Waals surface area contributed by atoms with Crippen LogP contribution in [0.25, 0.3) is 28.9 Å². The first kappa shape index (κ1) is 14.4. The number of rotatable bonds is 4. The Morgan fingerprint density at radius 3 is 2.50 bits per heavy atom. The fourth-order valence-corrected chi connectivity index (χ4v) is 2.46. The maximum absolute atomic E-state index is 5.65. The Labute approximate surface area is 137 Å². The summed E-state index contributed by atoms with van der Waals surface area (Å²) in [6.45, 7) is 4.04. The molecule has 7 nitrogen and oxygen atoms in total. The van der Waals surface area contributed by atoms with E-state index < -0.39 is 0 Å². The SMILES string of the molecule is CCc1ccc(-n2nnc(-c3nnc(-c4ccco4)o3)c2C)cc1. The second-order valence-corrected chi connectivity index (χ2v) is 5.34. The van der Waals surface area contributed by atoms with Gasteiger partial charge < -0.3 is 8.83 Å². The fraction of sp³-hybridized carbons (Fsp3) is 0.176. The number of furan rings is 1. The van der Waals surface area contributed by atoms with Crippen molar-refractivity contribution in [1.29, 1.82) is 0 Å². The van der Waals surface area contributed by atoms with Gasteiger partial charge in [-0.15, -0.1) is 15.3 Å². The van der Waals surface area contributed by atoms with Crippen LogP contribution in [0.5, 0.6) is 0 Å². The Hall–Kier alpha value is -3.22. The van der Waals surface area contributed by atoms with E-state index in [1.807, 2.05) is 19.1 Å². The summed E-state index contributed by atoms with van der Waals surface area (Å²) in [7, 11) is 0. The standard InChI is InChI=1S/C17H15N5O2/c1-3-12-6-8-13(9-7-12)22-11(2)15(18-21-22)17-20-19-16(24-17)14-5-4-10-23-14/h4-10H,3H2,1-2H3. The molecule has 0 radical (unpaired) electrons. The van der Waals surface area contributed by atoms with Crippen molar-refractivity contribution in [3.8, 4) is 28.9 Å². The molecule has 0 aliphatic rings. The van der Waals surface area contributed by atoms with E-state index in [0.29, 0.717) is 23.2 Å². The first-order valence-electron chi connectivity index (χ1n) is 7.65. The minimum Gasteiger partial charge on any atom is -0.459 e. The van der Waals surface area contributed by atoms with Crippen molar-refractivity contribution in [3.05, 3.63) is 53.9 Å². The molecule has 7 heteroatoms. The molecule has 0 fully saturated rings. The molecule has 1 aromatic carbocycles. The van der Waals surface area contributed by atoms with Crippen LogP contribution in [0.4, 0.5) is 0 Å². The van der Waals surface area contributed by atoms with Gasteiger partial charge in [-0.3, -0.25) is 0 Å². The summed E-state index contributed by atoms with van der Waals surface area (Å²) in [5.74, 6) is 1.15. The van der Waals surface area contributed by atoms with Crippen molar-refractivity contribution in [2.24, 2.45) is 0 Å². The van der Waals surface area contributed by atoms with E-state index in [4.69, 9.17) is 8.83 Å². The maximum Gasteiger partial charge on any atom is 0.283 e. The van der Waals surface area contributed by atoms with Crippen molar-refractivity contribution >= 4 is 0 Å². The molecule has 3 heterocycles. The van der Waals surface area contributed by atoms with Crippen molar-refractivity contribution in [3.63, 3.8) is 0 Å². The summed E-state index contributed by atoms with van der Waals surface area (Å²) in [4.78, 5) is 0. The zero-order chi connectivity index (χ0) is 16.5. The van der Waals surface area contributed by atoms with Crippen LogP contribution in [0.15, 0.2) is 51.5 Å². The highest BCUT2D eigenvalue weighted by atomic mass is 16.4. The first-order valence-corrected chi connectivity index (χ1v) is 7.65. The molecule has 0 bridgehead atoms. The molecule has 120 valence electrons. The molecule has 0 aliphatic carbocycles. The lowest BCUT2D eigenvalue weighted by Gasteiger charge is -2.04. The Balaban J connectivity index is 1.69. The van der Waals surface area contributed by atoms with Gasteiger partial charge in [0.2, 0.25) is 0 Å². The molecule has 0 N–H and O–H groups in total. The summed E-state index contributed by atoms with van der Waals surface area (Å²) in [6, 6.07) is 11.7. The molecule has 0 saturated carbocycles. The van der Waals surface area contributed by atoms with Gasteiger partial charge >= 0.3 is 0 Å². The number of benzene rings is 1. The highest BCUT2D eigenvalue weighted by Gasteiger charge is 2.19. The second-order valence-electron chi connectivity index (χ2n) is 5.34. The van der Waals surface area contributed by atoms with Crippen LogP contribution in [0, 0.1) is 6.92 Å². The van der Waals surface area contributed by atoms with Crippen LogP contribution < -0.4 is 0 Å². The number of hydrogen-bond donors (Lipinski definition) is 0. The zero-order valence-corrected chi connectivity index (χ0v) is 13.3. The predicted octanol–water partition coefficient (Wildman–Crippen LogP) is 3.45. The first-order chi connectivity index (χ1) is 11.8. The summed E-state index contributed by atoms with van der Waals surface area (Å²) < 4.78 is 12.7. The lowest BCUT2D eigenvalue weighted by molar-refractivity contribution is 0.522. The van der Waals surface area contributed by atoms with Gasteiger partial charge in [0.05, 0.1) is 17.6 Å². The van der Waals surface area contributed by atoms with E-state index in [1.54, 1.807) is 23.1 Å². The largest absolute Gasteiger partial charge is 0.459 e. The highest BCUT2D eigenvalue weighted by Crippen LogP contribution is 2.25. The molecule has 3 aromatic heterocycles. The summed E-state index contributed by atoms with van der Waals surface area (Å²) in [5.41, 5.74) is 3.60. The van der Waals surface area contributed by atoms with Gasteiger partial charge in [-0.1, -0.05) is 24.3 Å². The van der Waals surface area contributed by atoms with Gasteiger partial charge in [0.25, 0.3) is 11.8 Å². The second kappa shape index (κ2) is 5.77. The van der Waals surface area contributed by atoms with Gasteiger partial charge in [-0.2, -0.15) is 0 Å². The van der Waals surface area contributed by atoms with E-state index in [2.05, 4.69) is 39.6 Å². The molecule has 4 aromatic rings. The third-order valence-electron chi connectivity index (χ3n) is 3.84. The van der Waals surface area contributed by atoms with E-state index in [-0.39, 0.29) is 0 Å². The molecule has 0 saturated heterocycles. The minimum absolute atomic E-state index is 0.315. The zero-order valence-electron chi connectivity index (χ0n) is 13.3. The number of hydrogen-bond acceptors (Lipinski definition) is 6. The van der Waals surface area contributed by atoms with Gasteiger partial charge in [0.15, 0.2) is 11.5 Å². The minimum atomic E-state index is 0.315. The van der Waals surface area contributed by atoms with Crippen molar-refractivity contribution in [1.82, 2.24) is 25.2 Å². The lowest BCUT2D eigenvalue weighted by Crippen LogP contribution is -1.99. The molecule has 24 heavy (non-hydrogen) atoms. The maximum atomic E-state index is 5.65. The Morgan fingerprint density at radius 1 is 1.00 bits per heavy atom. The molecule has 0 unspecified atom stereocenters. The Morgan fingerprint density at radius 2 is 1.79 bits per heavy atom. The third kappa shape index (κ3) is 2.40. The van der Waals surface area contributed by atoms with E-state index in [1.165, 1.54) is 5.56 Å². The third-order valence-corrected chi connectivity index (χ3v) is 3.84. The lowest BCUT2D eigenvalue weighted by atomic mass is 10.1. The van der Waals surface area contributed by atoms with Crippen LogP contribution in [0.2, 0.25) is 0 Å². The predicted molar refractivity (Wildman–Crippen MR) is 86.5 cm³/mol. The summed E-state index contributed by atoms with van der Waals surface area (Å²) >= 11 is 0. The number of aryl methyl sites for hydroxylation is 1. The van der Waals surface area contributed by atoms with Crippen LogP contribution in [-0.4, -0.2) is 25.2 Å². The number of nitrogens with zero attached hydrogens (tertiary/aromatic N) is 5. The van der Waals surface area contributed by atoms with Crippen molar-refractivity contribution < 1.29 is 8.83 Å². The number of aromatic nitrogens is 5. The van der Waals surface area contributed by atoms with Crippen LogP contribution in [-0.2, 0) is 6.42 Å². The highest BCUT2D eigenvalue weighted by molar-refractivity contribution is 5.54. The normalized spacial score (nSPS) is 11.1. The van der Waals surface area contributed by atoms with E-state index in [0.717, 1.165) is 17.8 Å². The van der Waals surface area contributed by atoms with Gasteiger partial charge in [-0.25, -0.2) is 4.68 Å². The van der Waals surface area contributed by atoms with Crippen LogP contribution in [0.1, 0.15) is 18.2 Å². The molecule has 0 aliphatic heterocycles. The smallest absolute Gasteiger partial charge is 0.283 e. The molecular weight excluding hydrogens is 306 g/mol. The fourth-order valence-electron chi connectivity index (χ4n) is 2.46. The quantitative estimate of drug-likeness (QED) is 0.572. The molecule has 4 rings (SSSR count). The monoisotopic (exact) mass is 321 g/mol. The Kier molecular flexibility index (Phi) is 3.45. The van der Waals surface area contributed by atoms with Crippen LogP contribution >= 0.6 is 0 Å². The van der Waals surface area contributed by atoms with Crippen LogP contribution in [0.3, 0.4) is 0 Å². The van der Waals surface area contributed by atoms with Crippen molar-refractivity contribution in [2.75, 3.05) is 0 Å². The molecular formula is C17H15N5O2. The van der Waals surface area contributed by atoms with E-state index >= 15 is 0 Å². The summed E-state index contributed by atoms with van der Waals surface area (Å²) in [5, 5.41) is 16.4. The molecule has 0 atom stereocenters. The average molecular weight is 321 g/mol. The molecule has 0 amide bonds. The van der Waals surface area contributed by atoms with E-state index in [9.17, 15) is 0 Å². The van der Waals surface area contributed by atoms with Gasteiger partial charge in [-0.05, 0) is 43.2 Å². The molecule has 0 spiro atoms. The van der Waals surface area contributed by atoms with Crippen molar-refractivity contribution in [2.45, 2.75) is 20.3 Å². The topological polar surface area (TPSA) is 82.8 Å². The van der Waals surface area contributed by atoms with Gasteiger partial charge in [0.1, 0.15) is 0 Å². The van der Waals surface area contributed by atoms with Gasteiger partial charge in [0, 0.05) is 0 Å². The summed E-state index contributed by atoms with van der Waals surface area (Å²) in [6.07, 6.45) is 2.56. The average Bonchev–Trinajstić information content (AvgIpc) is 3.35. The Bertz CT molecular complexity index is 951.